The number of hydrogen-bond acceptors (Lipinski definition) is 11. The Hall–Kier alpha value is -3.34. The molecule has 0 aliphatic carbocycles. The van der Waals surface area contributed by atoms with E-state index >= 15 is 0 Å². The molecular formula is C29H45NO10. The number of carbonyl (C=O) groups excluding carboxylic acids is 4. The van der Waals surface area contributed by atoms with Gasteiger partial charge >= 0.3 is 24.2 Å². The topological polar surface area (TPSA) is 150 Å². The Morgan fingerprint density at radius 1 is 0.750 bits per heavy atom. The van der Waals surface area contributed by atoms with Gasteiger partial charge < -0.3 is 34.2 Å². The Bertz CT molecular complexity index is 1050. The molecule has 0 aliphatic heterocycles. The van der Waals surface area contributed by atoms with Gasteiger partial charge in [-0.1, -0.05) is 26.8 Å². The molecule has 11 heteroatoms. The lowest BCUT2D eigenvalue weighted by Crippen LogP contribution is -2.39. The molecule has 40 heavy (non-hydrogen) atoms. The van der Waals surface area contributed by atoms with Gasteiger partial charge in [0.2, 0.25) is 0 Å². The predicted octanol–water partition coefficient (Wildman–Crippen LogP) is 5.48. The first-order valence-corrected chi connectivity index (χ1v) is 13.1. The van der Waals surface area contributed by atoms with Crippen molar-refractivity contribution in [2.45, 2.75) is 118 Å². The van der Waals surface area contributed by atoms with Crippen LogP contribution in [0.1, 0.15) is 88.1 Å². The molecule has 1 rings (SSSR count). The summed E-state index contributed by atoms with van der Waals surface area (Å²) in [4.78, 5) is 49.3. The molecule has 2 N–H and O–H groups in total. The summed E-state index contributed by atoms with van der Waals surface area (Å²) >= 11 is 0. The van der Waals surface area contributed by atoms with Crippen molar-refractivity contribution in [3.8, 4) is 11.5 Å². The molecule has 0 spiro atoms. The van der Waals surface area contributed by atoms with Crippen molar-refractivity contribution in [2.24, 2.45) is 11.1 Å². The Morgan fingerprint density at radius 3 is 1.70 bits per heavy atom. The minimum atomic E-state index is -1.09. The SMILES string of the molecule is C[C@H](OC(=O)CC(C)(C)C)[C@H](C)OC(=O)[C@@H](N)Cc1ccc(OC(=O)OC(C)(C)C)c(OC(=O)OC(C)(C)C)c1. The van der Waals surface area contributed by atoms with E-state index in [1.54, 1.807) is 61.5 Å². The first kappa shape index (κ1) is 34.7. The zero-order chi connectivity index (χ0) is 31.1. The maximum atomic E-state index is 12.7. The summed E-state index contributed by atoms with van der Waals surface area (Å²) in [5, 5.41) is 0. The van der Waals surface area contributed by atoms with Crippen molar-refractivity contribution in [1.29, 1.82) is 0 Å². The largest absolute Gasteiger partial charge is 0.514 e. The first-order valence-electron chi connectivity index (χ1n) is 13.1. The number of nitrogens with two attached hydrogens (primary N) is 1. The molecule has 0 unspecified atom stereocenters. The van der Waals surface area contributed by atoms with Gasteiger partial charge in [0.1, 0.15) is 29.5 Å². The molecule has 0 bridgehead atoms. The highest BCUT2D eigenvalue weighted by Gasteiger charge is 2.27. The monoisotopic (exact) mass is 567 g/mol. The van der Waals surface area contributed by atoms with E-state index < -0.39 is 53.7 Å². The highest BCUT2D eigenvalue weighted by atomic mass is 16.8. The van der Waals surface area contributed by atoms with Gasteiger partial charge in [0.15, 0.2) is 11.5 Å². The van der Waals surface area contributed by atoms with E-state index in [0.717, 1.165) is 0 Å². The molecule has 1 aromatic rings. The van der Waals surface area contributed by atoms with Crippen LogP contribution in [0.2, 0.25) is 0 Å². The van der Waals surface area contributed by atoms with E-state index in [0.29, 0.717) is 5.56 Å². The Morgan fingerprint density at radius 2 is 1.23 bits per heavy atom. The maximum Gasteiger partial charge on any atom is 0.514 e. The molecule has 0 radical (unpaired) electrons. The summed E-state index contributed by atoms with van der Waals surface area (Å²) in [6.07, 6.45) is -3.21. The standard InChI is InChI=1S/C29H45NO10/c1-17(35-23(31)16-27(3,4)5)18(2)36-24(32)20(30)14-19-12-13-21(37-25(33)39-28(6,7)8)22(15-19)38-26(34)40-29(9,10)11/h12-13,15,17-18,20H,14,16,30H2,1-11H3/t17-,18-,20-/m0/s1. The smallest absolute Gasteiger partial charge is 0.459 e. The van der Waals surface area contributed by atoms with Crippen molar-refractivity contribution in [1.82, 2.24) is 0 Å². The van der Waals surface area contributed by atoms with Crippen LogP contribution in [0, 0.1) is 5.41 Å². The van der Waals surface area contributed by atoms with E-state index in [-0.39, 0.29) is 29.8 Å². The third kappa shape index (κ3) is 14.2. The predicted molar refractivity (Wildman–Crippen MR) is 147 cm³/mol. The van der Waals surface area contributed by atoms with Crippen LogP contribution >= 0.6 is 0 Å². The van der Waals surface area contributed by atoms with E-state index in [2.05, 4.69) is 0 Å². The second kappa shape index (κ2) is 13.8. The van der Waals surface area contributed by atoms with Gasteiger partial charge in [0.25, 0.3) is 0 Å². The zero-order valence-electron chi connectivity index (χ0n) is 25.5. The van der Waals surface area contributed by atoms with E-state index in [1.807, 2.05) is 20.8 Å². The molecule has 0 aromatic heterocycles. The number of carbonyl (C=O) groups is 4. The first-order chi connectivity index (χ1) is 18.0. The van der Waals surface area contributed by atoms with E-state index in [4.69, 9.17) is 34.2 Å². The van der Waals surface area contributed by atoms with Gasteiger partial charge in [-0.05, 0) is 84.9 Å². The minimum Gasteiger partial charge on any atom is -0.459 e. The molecule has 3 atom stereocenters. The average molecular weight is 568 g/mol. The van der Waals surface area contributed by atoms with Crippen LogP contribution in [0.15, 0.2) is 18.2 Å². The number of hydrogen-bond donors (Lipinski definition) is 1. The molecular weight excluding hydrogens is 522 g/mol. The van der Waals surface area contributed by atoms with Crippen LogP contribution < -0.4 is 15.2 Å². The summed E-state index contributed by atoms with van der Waals surface area (Å²) in [5.41, 5.74) is 4.69. The van der Waals surface area contributed by atoms with Gasteiger partial charge in [0.05, 0.1) is 6.42 Å². The fourth-order valence-electron chi connectivity index (χ4n) is 3.05. The summed E-state index contributed by atoms with van der Waals surface area (Å²) in [6.45, 7) is 19.0. The van der Waals surface area contributed by atoms with Gasteiger partial charge in [0, 0.05) is 0 Å². The average Bonchev–Trinajstić information content (AvgIpc) is 2.71. The molecule has 0 saturated heterocycles. The lowest BCUT2D eigenvalue weighted by Gasteiger charge is -2.24. The summed E-state index contributed by atoms with van der Waals surface area (Å²) < 4.78 is 31.7. The van der Waals surface area contributed by atoms with Crippen LogP contribution in [0.3, 0.4) is 0 Å². The highest BCUT2D eigenvalue weighted by molar-refractivity contribution is 5.76. The Kier molecular flexibility index (Phi) is 12.0. The van der Waals surface area contributed by atoms with Crippen molar-refractivity contribution >= 4 is 24.2 Å². The number of benzene rings is 1. The third-order valence-corrected chi connectivity index (χ3v) is 4.89. The summed E-state index contributed by atoms with van der Waals surface area (Å²) in [7, 11) is 0. The van der Waals surface area contributed by atoms with Crippen molar-refractivity contribution in [3.05, 3.63) is 23.8 Å². The summed E-state index contributed by atoms with van der Waals surface area (Å²) in [6, 6.07) is 3.25. The molecule has 0 heterocycles. The quantitative estimate of drug-likeness (QED) is 0.229. The van der Waals surface area contributed by atoms with Crippen molar-refractivity contribution < 1.29 is 47.6 Å². The second-order valence-corrected chi connectivity index (χ2v) is 12.8. The maximum absolute atomic E-state index is 12.7. The molecule has 0 aliphatic rings. The molecule has 1 aromatic carbocycles. The number of esters is 2. The highest BCUT2D eigenvalue weighted by Crippen LogP contribution is 2.31. The van der Waals surface area contributed by atoms with Gasteiger partial charge in [-0.2, -0.15) is 0 Å². The molecule has 226 valence electrons. The third-order valence-electron chi connectivity index (χ3n) is 4.89. The van der Waals surface area contributed by atoms with Crippen molar-refractivity contribution in [3.63, 3.8) is 0 Å². The minimum absolute atomic E-state index is 0.00113. The molecule has 0 saturated carbocycles. The molecule has 0 fully saturated rings. The fourth-order valence-corrected chi connectivity index (χ4v) is 3.05. The number of rotatable bonds is 9. The van der Waals surface area contributed by atoms with Crippen LogP contribution in [0.25, 0.3) is 0 Å². The molecule has 11 nitrogen and oxygen atoms in total. The van der Waals surface area contributed by atoms with Crippen LogP contribution in [0.5, 0.6) is 11.5 Å². The van der Waals surface area contributed by atoms with Gasteiger partial charge in [-0.3, -0.25) is 9.59 Å². The van der Waals surface area contributed by atoms with Crippen molar-refractivity contribution in [2.75, 3.05) is 0 Å². The second-order valence-electron chi connectivity index (χ2n) is 12.8. The molecule has 0 amide bonds. The Balaban J connectivity index is 2.98. The normalized spacial score (nSPS) is 14.3. The van der Waals surface area contributed by atoms with Crippen LogP contribution in [-0.2, 0) is 35.0 Å². The fraction of sp³-hybridized carbons (Fsp3) is 0.655. The zero-order valence-corrected chi connectivity index (χ0v) is 25.5. The van der Waals surface area contributed by atoms with E-state index in [9.17, 15) is 19.2 Å². The van der Waals surface area contributed by atoms with Gasteiger partial charge in [-0.15, -0.1) is 0 Å². The van der Waals surface area contributed by atoms with Gasteiger partial charge in [-0.25, -0.2) is 9.59 Å². The summed E-state index contributed by atoms with van der Waals surface area (Å²) in [5.74, 6) is -1.33. The number of ether oxygens (including phenoxy) is 6. The van der Waals surface area contributed by atoms with Crippen LogP contribution in [-0.4, -0.2) is 53.7 Å². The lowest BCUT2D eigenvalue weighted by atomic mass is 9.92. The van der Waals surface area contributed by atoms with E-state index in [1.165, 1.54) is 12.1 Å². The van der Waals surface area contributed by atoms with Crippen LogP contribution in [0.4, 0.5) is 9.59 Å². The lowest BCUT2D eigenvalue weighted by molar-refractivity contribution is -0.167. The Labute approximate surface area is 236 Å².